The highest BCUT2D eigenvalue weighted by Gasteiger charge is 2.13. The molecule has 1 atom stereocenters. The number of thioether (sulfide) groups is 1. The SMILES string of the molecule is COCCNCC(CCSC)c1ccccc1Cl. The van der Waals surface area contributed by atoms with Crippen LogP contribution in [0.15, 0.2) is 24.3 Å². The fraction of sp³-hybridized carbons (Fsp3) is 0.571. The molecule has 0 saturated carbocycles. The van der Waals surface area contributed by atoms with Crippen LogP contribution in [-0.4, -0.2) is 38.8 Å². The van der Waals surface area contributed by atoms with E-state index in [-0.39, 0.29) is 0 Å². The summed E-state index contributed by atoms with van der Waals surface area (Å²) in [6.45, 7) is 2.59. The zero-order valence-corrected chi connectivity index (χ0v) is 12.7. The summed E-state index contributed by atoms with van der Waals surface area (Å²) in [5.41, 5.74) is 1.25. The monoisotopic (exact) mass is 287 g/mol. The van der Waals surface area contributed by atoms with Gasteiger partial charge in [-0.2, -0.15) is 11.8 Å². The molecule has 2 nitrogen and oxygen atoms in total. The molecule has 0 amide bonds. The van der Waals surface area contributed by atoms with E-state index < -0.39 is 0 Å². The molecule has 0 aliphatic rings. The van der Waals surface area contributed by atoms with Gasteiger partial charge in [0.1, 0.15) is 0 Å². The minimum absolute atomic E-state index is 0.475. The van der Waals surface area contributed by atoms with Crippen molar-refractivity contribution in [2.45, 2.75) is 12.3 Å². The van der Waals surface area contributed by atoms with E-state index >= 15 is 0 Å². The summed E-state index contributed by atoms with van der Waals surface area (Å²) in [5.74, 6) is 1.63. The molecule has 0 fully saturated rings. The number of ether oxygens (including phenoxy) is 1. The molecular formula is C14H22ClNOS. The topological polar surface area (TPSA) is 21.3 Å². The maximum atomic E-state index is 6.28. The number of nitrogens with one attached hydrogen (secondary N) is 1. The average Bonchev–Trinajstić information content (AvgIpc) is 2.39. The zero-order chi connectivity index (χ0) is 13.2. The van der Waals surface area contributed by atoms with Crippen LogP contribution in [0.2, 0.25) is 5.02 Å². The largest absolute Gasteiger partial charge is 0.383 e. The third-order valence-electron chi connectivity index (χ3n) is 2.89. The Hall–Kier alpha value is -0.220. The van der Waals surface area contributed by atoms with Gasteiger partial charge < -0.3 is 10.1 Å². The van der Waals surface area contributed by atoms with Gasteiger partial charge >= 0.3 is 0 Å². The Bertz CT molecular complexity index is 335. The van der Waals surface area contributed by atoms with E-state index in [0.717, 1.165) is 36.9 Å². The smallest absolute Gasteiger partial charge is 0.0587 e. The lowest BCUT2D eigenvalue weighted by atomic mass is 9.96. The van der Waals surface area contributed by atoms with Crippen LogP contribution in [0.1, 0.15) is 17.9 Å². The van der Waals surface area contributed by atoms with Gasteiger partial charge in [0.2, 0.25) is 0 Å². The third-order valence-corrected chi connectivity index (χ3v) is 3.88. The Morgan fingerprint density at radius 3 is 2.83 bits per heavy atom. The summed E-state index contributed by atoms with van der Waals surface area (Å²) in [6, 6.07) is 8.14. The molecule has 1 rings (SSSR count). The Kier molecular flexibility index (Phi) is 8.51. The van der Waals surface area contributed by atoms with Crippen LogP contribution < -0.4 is 5.32 Å². The predicted molar refractivity (Wildman–Crippen MR) is 81.9 cm³/mol. The summed E-state index contributed by atoms with van der Waals surface area (Å²) in [4.78, 5) is 0. The fourth-order valence-corrected chi connectivity index (χ4v) is 2.69. The molecule has 1 unspecified atom stereocenters. The Labute approximate surface area is 119 Å². The van der Waals surface area contributed by atoms with Crippen molar-refractivity contribution in [3.05, 3.63) is 34.9 Å². The van der Waals surface area contributed by atoms with Crippen molar-refractivity contribution in [2.75, 3.05) is 38.8 Å². The molecule has 0 aromatic heterocycles. The molecule has 0 aliphatic carbocycles. The molecule has 0 bridgehead atoms. The molecule has 1 aromatic carbocycles. The van der Waals surface area contributed by atoms with E-state index in [1.807, 2.05) is 23.9 Å². The van der Waals surface area contributed by atoms with Gasteiger partial charge in [-0.1, -0.05) is 29.8 Å². The highest BCUT2D eigenvalue weighted by Crippen LogP contribution is 2.27. The van der Waals surface area contributed by atoms with Crippen molar-refractivity contribution < 1.29 is 4.74 Å². The van der Waals surface area contributed by atoms with Crippen molar-refractivity contribution in [2.24, 2.45) is 0 Å². The van der Waals surface area contributed by atoms with E-state index in [2.05, 4.69) is 23.7 Å². The van der Waals surface area contributed by atoms with E-state index in [0.29, 0.717) is 5.92 Å². The second kappa shape index (κ2) is 9.68. The Morgan fingerprint density at radius 2 is 2.17 bits per heavy atom. The molecule has 0 heterocycles. The number of rotatable bonds is 9. The minimum Gasteiger partial charge on any atom is -0.383 e. The molecule has 1 aromatic rings. The molecule has 0 radical (unpaired) electrons. The van der Waals surface area contributed by atoms with Gasteiger partial charge in [-0.15, -0.1) is 0 Å². The second-order valence-electron chi connectivity index (χ2n) is 4.20. The number of benzene rings is 1. The number of methoxy groups -OCH3 is 1. The first-order valence-electron chi connectivity index (χ1n) is 6.22. The van der Waals surface area contributed by atoms with E-state index in [1.54, 1.807) is 7.11 Å². The van der Waals surface area contributed by atoms with Crippen LogP contribution in [0, 0.1) is 0 Å². The van der Waals surface area contributed by atoms with E-state index in [4.69, 9.17) is 16.3 Å². The Morgan fingerprint density at radius 1 is 1.39 bits per heavy atom. The van der Waals surface area contributed by atoms with Crippen molar-refractivity contribution in [1.82, 2.24) is 5.32 Å². The van der Waals surface area contributed by atoms with Crippen molar-refractivity contribution in [1.29, 1.82) is 0 Å². The summed E-state index contributed by atoms with van der Waals surface area (Å²) in [7, 11) is 1.72. The molecule has 102 valence electrons. The van der Waals surface area contributed by atoms with Gasteiger partial charge in [0.15, 0.2) is 0 Å². The van der Waals surface area contributed by atoms with Crippen LogP contribution >= 0.6 is 23.4 Å². The first-order valence-corrected chi connectivity index (χ1v) is 7.99. The van der Waals surface area contributed by atoms with Gasteiger partial charge in [0, 0.05) is 25.2 Å². The van der Waals surface area contributed by atoms with Gasteiger partial charge in [-0.25, -0.2) is 0 Å². The summed E-state index contributed by atoms with van der Waals surface area (Å²) in [5, 5.41) is 4.30. The van der Waals surface area contributed by atoms with Crippen LogP contribution in [0.3, 0.4) is 0 Å². The summed E-state index contributed by atoms with van der Waals surface area (Å²) in [6.07, 6.45) is 3.28. The molecule has 18 heavy (non-hydrogen) atoms. The van der Waals surface area contributed by atoms with Crippen molar-refractivity contribution >= 4 is 23.4 Å². The normalized spacial score (nSPS) is 12.6. The first kappa shape index (κ1) is 15.8. The molecule has 0 spiro atoms. The lowest BCUT2D eigenvalue weighted by molar-refractivity contribution is 0.199. The minimum atomic E-state index is 0.475. The Balaban J connectivity index is 2.57. The van der Waals surface area contributed by atoms with E-state index in [1.165, 1.54) is 5.56 Å². The average molecular weight is 288 g/mol. The van der Waals surface area contributed by atoms with Gasteiger partial charge in [0.25, 0.3) is 0 Å². The van der Waals surface area contributed by atoms with Crippen molar-refractivity contribution in [3.8, 4) is 0 Å². The maximum absolute atomic E-state index is 6.28. The highest BCUT2D eigenvalue weighted by molar-refractivity contribution is 7.98. The predicted octanol–water partition coefficient (Wildman–Crippen LogP) is 3.41. The van der Waals surface area contributed by atoms with Crippen molar-refractivity contribution in [3.63, 3.8) is 0 Å². The standard InChI is InChI=1S/C14H22ClNOS/c1-17-9-8-16-11-12(7-10-18-2)13-5-3-4-6-14(13)15/h3-6,12,16H,7-11H2,1-2H3. The lowest BCUT2D eigenvalue weighted by Crippen LogP contribution is -2.25. The molecule has 0 aliphatic heterocycles. The molecule has 4 heteroatoms. The number of hydrogen-bond donors (Lipinski definition) is 1. The second-order valence-corrected chi connectivity index (χ2v) is 5.59. The fourth-order valence-electron chi connectivity index (χ4n) is 1.88. The van der Waals surface area contributed by atoms with Crippen LogP contribution in [-0.2, 0) is 4.74 Å². The summed E-state index contributed by atoms with van der Waals surface area (Å²) < 4.78 is 5.04. The lowest BCUT2D eigenvalue weighted by Gasteiger charge is -2.19. The third kappa shape index (κ3) is 5.61. The van der Waals surface area contributed by atoms with Gasteiger partial charge in [-0.3, -0.25) is 0 Å². The molecular weight excluding hydrogens is 266 g/mol. The number of hydrogen-bond acceptors (Lipinski definition) is 3. The van der Waals surface area contributed by atoms with Gasteiger partial charge in [0.05, 0.1) is 6.61 Å². The zero-order valence-electron chi connectivity index (χ0n) is 11.1. The van der Waals surface area contributed by atoms with Crippen LogP contribution in [0.5, 0.6) is 0 Å². The molecule has 0 saturated heterocycles. The first-order chi connectivity index (χ1) is 8.79. The van der Waals surface area contributed by atoms with Gasteiger partial charge in [-0.05, 0) is 36.0 Å². The quantitative estimate of drug-likeness (QED) is 0.703. The highest BCUT2D eigenvalue weighted by atomic mass is 35.5. The van der Waals surface area contributed by atoms with E-state index in [9.17, 15) is 0 Å². The summed E-state index contributed by atoms with van der Waals surface area (Å²) >= 11 is 8.16. The van der Waals surface area contributed by atoms with Crippen LogP contribution in [0.25, 0.3) is 0 Å². The number of halogens is 1. The molecule has 1 N–H and O–H groups in total. The van der Waals surface area contributed by atoms with Crippen LogP contribution in [0.4, 0.5) is 0 Å². The maximum Gasteiger partial charge on any atom is 0.0587 e.